The highest BCUT2D eigenvalue weighted by Gasteiger charge is 2.30. The minimum absolute atomic E-state index is 0.0289. The molecule has 2 atom stereocenters. The lowest BCUT2D eigenvalue weighted by Crippen LogP contribution is -2.45. The number of thiophene rings is 1. The topological polar surface area (TPSA) is 111 Å². The van der Waals surface area contributed by atoms with Crippen LogP contribution < -0.4 is 21.7 Å². The molecule has 0 unspecified atom stereocenters. The summed E-state index contributed by atoms with van der Waals surface area (Å²) in [5.41, 5.74) is 11.8. The number of rotatable bonds is 3. The molecule has 1 aromatic heterocycles. The van der Waals surface area contributed by atoms with Gasteiger partial charge in [-0.15, -0.1) is 11.3 Å². The Bertz CT molecular complexity index is 562. The average molecular weight is 312 g/mol. The number of anilines is 2. The first kappa shape index (κ1) is 15.6. The molecular formula is C13H20N4O3S. The maximum absolute atomic E-state index is 11.9. The van der Waals surface area contributed by atoms with Gasteiger partial charge in [-0.2, -0.15) is 0 Å². The van der Waals surface area contributed by atoms with E-state index in [1.165, 1.54) is 18.4 Å². The maximum atomic E-state index is 11.9. The number of hydrogen-bond donors (Lipinski definition) is 3. The lowest BCUT2D eigenvalue weighted by atomic mass is 10.2. The Balaban J connectivity index is 2.47. The molecule has 0 radical (unpaired) electrons. The number of nitrogens with two attached hydrogens (primary N) is 2. The molecule has 0 saturated carbocycles. The number of hydrogen-bond acceptors (Lipinski definition) is 6. The lowest BCUT2D eigenvalue weighted by Gasteiger charge is -2.36. The van der Waals surface area contributed by atoms with Crippen LogP contribution in [-0.2, 0) is 4.74 Å². The van der Waals surface area contributed by atoms with Gasteiger partial charge in [-0.3, -0.25) is 9.59 Å². The Morgan fingerprint density at radius 1 is 1.33 bits per heavy atom. The third-order valence-corrected chi connectivity index (χ3v) is 4.58. The highest BCUT2D eigenvalue weighted by atomic mass is 32.1. The molecule has 0 bridgehead atoms. The molecule has 5 N–H and O–H groups in total. The van der Waals surface area contributed by atoms with E-state index in [2.05, 4.69) is 5.32 Å². The van der Waals surface area contributed by atoms with Gasteiger partial charge in [0.2, 0.25) is 0 Å². The molecule has 0 aromatic carbocycles. The van der Waals surface area contributed by atoms with Crippen LogP contribution in [0.5, 0.6) is 0 Å². The smallest absolute Gasteiger partial charge is 0.263 e. The number of ether oxygens (including phenoxy) is 1. The van der Waals surface area contributed by atoms with Crippen molar-refractivity contribution >= 4 is 33.8 Å². The molecule has 0 aliphatic carbocycles. The monoisotopic (exact) mass is 312 g/mol. The second-order valence-corrected chi connectivity index (χ2v) is 6.13. The Morgan fingerprint density at radius 2 is 1.90 bits per heavy atom. The van der Waals surface area contributed by atoms with E-state index in [9.17, 15) is 9.59 Å². The zero-order valence-electron chi connectivity index (χ0n) is 12.3. The first-order valence-electron chi connectivity index (χ1n) is 6.69. The van der Waals surface area contributed by atoms with Crippen LogP contribution in [0.2, 0.25) is 0 Å². The summed E-state index contributed by atoms with van der Waals surface area (Å²) >= 11 is 1.19. The standard InChI is InChI=1S/C13H20N4O3S/c1-6-4-17(5-7(2)20-6)13-8(11(15)18)9(14)10(21-13)12(19)16-3/h6-7H,4-5,14H2,1-3H3,(H2,15,18)(H,16,19)/t6-,7+. The van der Waals surface area contributed by atoms with Crippen LogP contribution in [0.25, 0.3) is 0 Å². The molecule has 0 spiro atoms. The van der Waals surface area contributed by atoms with Crippen molar-refractivity contribution in [2.75, 3.05) is 30.8 Å². The lowest BCUT2D eigenvalue weighted by molar-refractivity contribution is -0.00505. The fourth-order valence-electron chi connectivity index (χ4n) is 2.52. The summed E-state index contributed by atoms with van der Waals surface area (Å²) in [6, 6.07) is 0. The summed E-state index contributed by atoms with van der Waals surface area (Å²) < 4.78 is 5.68. The normalized spacial score (nSPS) is 22.1. The van der Waals surface area contributed by atoms with E-state index in [1.807, 2.05) is 18.7 Å². The first-order valence-corrected chi connectivity index (χ1v) is 7.51. The highest BCUT2D eigenvalue weighted by molar-refractivity contribution is 7.19. The van der Waals surface area contributed by atoms with E-state index in [4.69, 9.17) is 16.2 Å². The maximum Gasteiger partial charge on any atom is 0.263 e. The minimum Gasteiger partial charge on any atom is -0.397 e. The quantitative estimate of drug-likeness (QED) is 0.748. The predicted octanol–water partition coefficient (Wildman–Crippen LogP) is 0.402. The van der Waals surface area contributed by atoms with Gasteiger partial charge >= 0.3 is 0 Å². The van der Waals surface area contributed by atoms with E-state index in [0.29, 0.717) is 23.0 Å². The number of carbonyl (C=O) groups excluding carboxylic acids is 2. The molecule has 2 heterocycles. The molecule has 8 heteroatoms. The molecule has 1 aromatic rings. The van der Waals surface area contributed by atoms with Crippen molar-refractivity contribution in [2.45, 2.75) is 26.1 Å². The largest absolute Gasteiger partial charge is 0.397 e. The molecule has 21 heavy (non-hydrogen) atoms. The van der Waals surface area contributed by atoms with Crippen molar-refractivity contribution in [1.82, 2.24) is 5.32 Å². The molecular weight excluding hydrogens is 292 g/mol. The van der Waals surface area contributed by atoms with Crippen molar-refractivity contribution in [3.8, 4) is 0 Å². The molecule has 116 valence electrons. The van der Waals surface area contributed by atoms with Gasteiger partial charge in [0.1, 0.15) is 9.88 Å². The molecule has 2 rings (SSSR count). The predicted molar refractivity (Wildman–Crippen MR) is 82.9 cm³/mol. The Kier molecular flexibility index (Phi) is 4.38. The van der Waals surface area contributed by atoms with Crippen molar-refractivity contribution < 1.29 is 14.3 Å². The van der Waals surface area contributed by atoms with Crippen LogP contribution in [0.15, 0.2) is 0 Å². The summed E-state index contributed by atoms with van der Waals surface area (Å²) in [4.78, 5) is 25.9. The fraction of sp³-hybridized carbons (Fsp3) is 0.538. The zero-order chi connectivity index (χ0) is 15.7. The van der Waals surface area contributed by atoms with E-state index < -0.39 is 5.91 Å². The van der Waals surface area contributed by atoms with Crippen molar-refractivity contribution in [1.29, 1.82) is 0 Å². The number of carbonyl (C=O) groups is 2. The molecule has 1 saturated heterocycles. The fourth-order valence-corrected chi connectivity index (χ4v) is 3.71. The van der Waals surface area contributed by atoms with Gasteiger partial charge < -0.3 is 26.4 Å². The Morgan fingerprint density at radius 3 is 2.38 bits per heavy atom. The van der Waals surface area contributed by atoms with Crippen LogP contribution in [-0.4, -0.2) is 44.2 Å². The van der Waals surface area contributed by atoms with Crippen LogP contribution >= 0.6 is 11.3 Å². The molecule has 1 aliphatic rings. The van der Waals surface area contributed by atoms with Gasteiger partial charge in [0.25, 0.3) is 11.8 Å². The van der Waals surface area contributed by atoms with Gasteiger partial charge in [-0.05, 0) is 13.8 Å². The molecule has 2 amide bonds. The van der Waals surface area contributed by atoms with Crippen molar-refractivity contribution in [2.24, 2.45) is 5.73 Å². The number of primary amides is 1. The highest BCUT2D eigenvalue weighted by Crippen LogP contribution is 2.39. The molecule has 7 nitrogen and oxygen atoms in total. The second kappa shape index (κ2) is 5.90. The van der Waals surface area contributed by atoms with Gasteiger partial charge in [0.15, 0.2) is 0 Å². The van der Waals surface area contributed by atoms with Gasteiger partial charge in [0, 0.05) is 20.1 Å². The SMILES string of the molecule is CNC(=O)c1sc(N2C[C@@H](C)O[C@@H](C)C2)c(C(N)=O)c1N. The summed E-state index contributed by atoms with van der Waals surface area (Å²) in [6.45, 7) is 5.17. The van der Waals surface area contributed by atoms with Crippen LogP contribution in [0.4, 0.5) is 10.7 Å². The van der Waals surface area contributed by atoms with Gasteiger partial charge in [-0.1, -0.05) is 0 Å². The van der Waals surface area contributed by atoms with Gasteiger partial charge in [-0.25, -0.2) is 0 Å². The number of nitrogens with zero attached hydrogens (tertiary/aromatic N) is 1. The van der Waals surface area contributed by atoms with Crippen LogP contribution in [0.3, 0.4) is 0 Å². The number of amides is 2. The summed E-state index contributed by atoms with van der Waals surface area (Å²) in [6.07, 6.45) is 0.0579. The first-order chi connectivity index (χ1) is 9.85. The summed E-state index contributed by atoms with van der Waals surface area (Å²) in [7, 11) is 1.52. The number of nitrogens with one attached hydrogen (secondary N) is 1. The van der Waals surface area contributed by atoms with Crippen molar-refractivity contribution in [3.63, 3.8) is 0 Å². The van der Waals surface area contributed by atoms with Crippen LogP contribution in [0, 0.1) is 0 Å². The number of morpholine rings is 1. The zero-order valence-corrected chi connectivity index (χ0v) is 13.1. The third kappa shape index (κ3) is 2.96. The average Bonchev–Trinajstić information content (AvgIpc) is 2.74. The Labute approximate surface area is 127 Å². The number of nitrogen functional groups attached to an aromatic ring is 1. The van der Waals surface area contributed by atoms with E-state index >= 15 is 0 Å². The second-order valence-electron chi connectivity index (χ2n) is 5.13. The van der Waals surface area contributed by atoms with Crippen molar-refractivity contribution in [3.05, 3.63) is 10.4 Å². The third-order valence-electron chi connectivity index (χ3n) is 3.31. The summed E-state index contributed by atoms with van der Waals surface area (Å²) in [5, 5.41) is 3.16. The van der Waals surface area contributed by atoms with E-state index in [-0.39, 0.29) is 29.4 Å². The van der Waals surface area contributed by atoms with Gasteiger partial charge in [0.05, 0.1) is 23.5 Å². The minimum atomic E-state index is -0.624. The van der Waals surface area contributed by atoms with Crippen LogP contribution in [0.1, 0.15) is 33.9 Å². The van der Waals surface area contributed by atoms with E-state index in [1.54, 1.807) is 0 Å². The van der Waals surface area contributed by atoms with E-state index in [0.717, 1.165) is 0 Å². The molecule has 1 aliphatic heterocycles. The summed E-state index contributed by atoms with van der Waals surface area (Å²) in [5.74, 6) is -0.943. The Hall–Kier alpha value is -1.80. The molecule has 1 fully saturated rings.